The fourth-order valence-electron chi connectivity index (χ4n) is 2.81. The molecule has 0 aromatic heterocycles. The minimum absolute atomic E-state index is 0.0383. The number of hydrogen-bond acceptors (Lipinski definition) is 5. The standard InChI is InChI=1S/C17H16O5/c1-20-13-8-9-7-12(19)16(21-2)17(22-3)14(9)15-10(13)5-4-6-11(15)18/h4-8,18-19H,1-3H3. The van der Waals surface area contributed by atoms with Crippen molar-refractivity contribution < 1.29 is 24.4 Å². The summed E-state index contributed by atoms with van der Waals surface area (Å²) in [4.78, 5) is 0. The van der Waals surface area contributed by atoms with Gasteiger partial charge in [0.2, 0.25) is 5.75 Å². The van der Waals surface area contributed by atoms with Crippen LogP contribution in [-0.4, -0.2) is 31.5 Å². The maximum Gasteiger partial charge on any atom is 0.203 e. The zero-order valence-electron chi connectivity index (χ0n) is 12.5. The molecule has 0 radical (unpaired) electrons. The molecule has 114 valence electrons. The third kappa shape index (κ3) is 1.86. The molecule has 0 amide bonds. The second kappa shape index (κ2) is 5.18. The van der Waals surface area contributed by atoms with Crippen LogP contribution in [0.4, 0.5) is 0 Å². The highest BCUT2D eigenvalue weighted by Gasteiger charge is 2.20. The van der Waals surface area contributed by atoms with Crippen LogP contribution in [0.1, 0.15) is 0 Å². The summed E-state index contributed by atoms with van der Waals surface area (Å²) in [5, 5.41) is 23.1. The summed E-state index contributed by atoms with van der Waals surface area (Å²) in [6.07, 6.45) is 0. The van der Waals surface area contributed by atoms with Crippen LogP contribution in [0, 0.1) is 0 Å². The molecule has 0 aliphatic carbocycles. The Morgan fingerprint density at radius 3 is 2.14 bits per heavy atom. The van der Waals surface area contributed by atoms with Crippen LogP contribution in [0.15, 0.2) is 30.3 Å². The molecule has 0 aliphatic rings. The smallest absolute Gasteiger partial charge is 0.203 e. The van der Waals surface area contributed by atoms with E-state index in [1.54, 1.807) is 31.4 Å². The van der Waals surface area contributed by atoms with E-state index in [4.69, 9.17) is 14.2 Å². The number of hydrogen-bond donors (Lipinski definition) is 2. The van der Waals surface area contributed by atoms with Crippen molar-refractivity contribution in [1.82, 2.24) is 0 Å². The van der Waals surface area contributed by atoms with Crippen molar-refractivity contribution in [3.63, 3.8) is 0 Å². The predicted molar refractivity (Wildman–Crippen MR) is 84.4 cm³/mol. The molecule has 3 aromatic carbocycles. The maximum absolute atomic E-state index is 10.3. The van der Waals surface area contributed by atoms with E-state index in [0.29, 0.717) is 27.7 Å². The van der Waals surface area contributed by atoms with Gasteiger partial charge in [-0.25, -0.2) is 0 Å². The van der Waals surface area contributed by atoms with Crippen molar-refractivity contribution in [2.24, 2.45) is 0 Å². The van der Waals surface area contributed by atoms with E-state index in [0.717, 1.165) is 5.39 Å². The molecule has 0 spiro atoms. The Hall–Kier alpha value is -2.82. The zero-order chi connectivity index (χ0) is 15.9. The molecular formula is C17H16O5. The molecule has 0 fully saturated rings. The Bertz CT molecular complexity index is 870. The van der Waals surface area contributed by atoms with Crippen LogP contribution >= 0.6 is 0 Å². The van der Waals surface area contributed by atoms with Crippen LogP contribution in [0.2, 0.25) is 0 Å². The largest absolute Gasteiger partial charge is 0.507 e. The van der Waals surface area contributed by atoms with Crippen molar-refractivity contribution in [3.05, 3.63) is 30.3 Å². The Morgan fingerprint density at radius 2 is 1.50 bits per heavy atom. The number of methoxy groups -OCH3 is 3. The fraction of sp³-hybridized carbons (Fsp3) is 0.176. The number of phenolic OH excluding ortho intramolecular Hbond substituents is 2. The first-order valence-corrected chi connectivity index (χ1v) is 6.68. The molecule has 0 saturated carbocycles. The molecule has 0 saturated heterocycles. The van der Waals surface area contributed by atoms with E-state index in [1.807, 2.05) is 6.07 Å². The third-order valence-electron chi connectivity index (χ3n) is 3.72. The number of rotatable bonds is 3. The lowest BCUT2D eigenvalue weighted by atomic mass is 9.98. The zero-order valence-corrected chi connectivity index (χ0v) is 12.5. The number of benzene rings is 3. The SMILES string of the molecule is COc1c(O)cc2cc(OC)c3cccc(O)c3c2c1OC. The molecule has 0 aliphatic heterocycles. The van der Waals surface area contributed by atoms with Gasteiger partial charge in [0.05, 0.1) is 21.3 Å². The molecule has 0 bridgehead atoms. The average molecular weight is 300 g/mol. The van der Waals surface area contributed by atoms with Crippen LogP contribution in [0.25, 0.3) is 21.5 Å². The Labute approximate surface area is 127 Å². The van der Waals surface area contributed by atoms with E-state index >= 15 is 0 Å². The number of ether oxygens (including phenoxy) is 3. The van der Waals surface area contributed by atoms with Gasteiger partial charge >= 0.3 is 0 Å². The normalized spacial score (nSPS) is 10.9. The summed E-state index contributed by atoms with van der Waals surface area (Å²) in [6.45, 7) is 0. The van der Waals surface area contributed by atoms with Crippen LogP contribution in [-0.2, 0) is 0 Å². The summed E-state index contributed by atoms with van der Waals surface area (Å²) < 4.78 is 16.1. The first-order chi connectivity index (χ1) is 10.6. The predicted octanol–water partition coefficient (Wildman–Crippen LogP) is 3.43. The maximum atomic E-state index is 10.3. The van der Waals surface area contributed by atoms with Crippen LogP contribution in [0.5, 0.6) is 28.7 Å². The number of aromatic hydroxyl groups is 2. The molecule has 0 unspecified atom stereocenters. The quantitative estimate of drug-likeness (QED) is 0.725. The van der Waals surface area contributed by atoms with Gasteiger partial charge in [-0.15, -0.1) is 0 Å². The van der Waals surface area contributed by atoms with Gasteiger partial charge in [-0.3, -0.25) is 0 Å². The molecule has 3 rings (SSSR count). The van der Waals surface area contributed by atoms with E-state index in [1.165, 1.54) is 14.2 Å². The van der Waals surface area contributed by atoms with Gasteiger partial charge < -0.3 is 24.4 Å². The van der Waals surface area contributed by atoms with Crippen molar-refractivity contribution in [3.8, 4) is 28.7 Å². The molecular weight excluding hydrogens is 284 g/mol. The summed E-state index contributed by atoms with van der Waals surface area (Å²) in [7, 11) is 4.51. The van der Waals surface area contributed by atoms with Crippen LogP contribution < -0.4 is 14.2 Å². The van der Waals surface area contributed by atoms with Gasteiger partial charge in [-0.2, -0.15) is 0 Å². The van der Waals surface area contributed by atoms with E-state index in [-0.39, 0.29) is 17.2 Å². The second-order valence-electron chi connectivity index (χ2n) is 4.84. The van der Waals surface area contributed by atoms with E-state index < -0.39 is 0 Å². The van der Waals surface area contributed by atoms with Gasteiger partial charge in [-0.05, 0) is 23.6 Å². The molecule has 0 atom stereocenters. The Kier molecular flexibility index (Phi) is 3.33. The van der Waals surface area contributed by atoms with Gasteiger partial charge in [-0.1, -0.05) is 12.1 Å². The van der Waals surface area contributed by atoms with Gasteiger partial charge in [0.1, 0.15) is 11.5 Å². The van der Waals surface area contributed by atoms with Gasteiger partial charge in [0.25, 0.3) is 0 Å². The van der Waals surface area contributed by atoms with Crippen molar-refractivity contribution in [1.29, 1.82) is 0 Å². The van der Waals surface area contributed by atoms with E-state index in [9.17, 15) is 10.2 Å². The molecule has 22 heavy (non-hydrogen) atoms. The Morgan fingerprint density at radius 1 is 0.773 bits per heavy atom. The molecule has 5 heteroatoms. The van der Waals surface area contributed by atoms with Crippen molar-refractivity contribution >= 4 is 21.5 Å². The summed E-state index contributed by atoms with van der Waals surface area (Å²) >= 11 is 0. The summed E-state index contributed by atoms with van der Waals surface area (Å²) in [6, 6.07) is 8.55. The number of fused-ring (bicyclic) bond motifs is 3. The highest BCUT2D eigenvalue weighted by molar-refractivity contribution is 6.16. The molecule has 5 nitrogen and oxygen atoms in total. The monoisotopic (exact) mass is 300 g/mol. The molecule has 0 heterocycles. The summed E-state index contributed by atoms with van der Waals surface area (Å²) in [5.41, 5.74) is 0. The Balaban J connectivity index is 2.63. The van der Waals surface area contributed by atoms with Crippen molar-refractivity contribution in [2.45, 2.75) is 0 Å². The molecule has 3 aromatic rings. The minimum atomic E-state index is -0.0383. The van der Waals surface area contributed by atoms with Gasteiger partial charge in [0.15, 0.2) is 11.5 Å². The van der Waals surface area contributed by atoms with Gasteiger partial charge in [0, 0.05) is 16.2 Å². The lowest BCUT2D eigenvalue weighted by Crippen LogP contribution is -1.94. The molecule has 2 N–H and O–H groups in total. The summed E-state index contributed by atoms with van der Waals surface area (Å²) in [5.74, 6) is 1.26. The third-order valence-corrected chi connectivity index (χ3v) is 3.72. The lowest BCUT2D eigenvalue weighted by Gasteiger charge is -2.16. The van der Waals surface area contributed by atoms with Crippen LogP contribution in [0.3, 0.4) is 0 Å². The minimum Gasteiger partial charge on any atom is -0.507 e. The second-order valence-corrected chi connectivity index (χ2v) is 4.84. The average Bonchev–Trinajstić information content (AvgIpc) is 2.52. The fourth-order valence-corrected chi connectivity index (χ4v) is 2.81. The highest BCUT2D eigenvalue weighted by Crippen LogP contribution is 2.49. The lowest BCUT2D eigenvalue weighted by molar-refractivity contribution is 0.336. The highest BCUT2D eigenvalue weighted by atomic mass is 16.5. The first kappa shape index (κ1) is 14.1. The van der Waals surface area contributed by atoms with E-state index in [2.05, 4.69) is 0 Å². The topological polar surface area (TPSA) is 68.2 Å². The van der Waals surface area contributed by atoms with Crippen molar-refractivity contribution in [2.75, 3.05) is 21.3 Å². The number of phenols is 2. The first-order valence-electron chi connectivity index (χ1n) is 6.68.